The van der Waals surface area contributed by atoms with Gasteiger partial charge in [-0.1, -0.05) is 11.8 Å². The monoisotopic (exact) mass is 380 g/mol. The van der Waals surface area contributed by atoms with Crippen LogP contribution in [0.1, 0.15) is 15.2 Å². The number of fused-ring (bicyclic) bond motifs is 1. The molecule has 7 heteroatoms. The summed E-state index contributed by atoms with van der Waals surface area (Å²) >= 11 is 6.31. The molecule has 2 heterocycles. The van der Waals surface area contributed by atoms with Crippen molar-refractivity contribution in [2.24, 2.45) is 0 Å². The molecule has 21 heavy (non-hydrogen) atoms. The van der Waals surface area contributed by atoms with E-state index in [4.69, 9.17) is 5.11 Å². The molecule has 0 amide bonds. The minimum absolute atomic E-state index is 0.242. The number of nitrogens with zero attached hydrogens (tertiary/aromatic N) is 2. The van der Waals surface area contributed by atoms with Crippen molar-refractivity contribution in [3.8, 4) is 0 Å². The summed E-state index contributed by atoms with van der Waals surface area (Å²) in [5.41, 5.74) is 0.242. The third kappa shape index (κ3) is 2.95. The zero-order chi connectivity index (χ0) is 15.0. The minimum atomic E-state index is -0.955. The van der Waals surface area contributed by atoms with Gasteiger partial charge in [0.25, 0.3) is 0 Å². The van der Waals surface area contributed by atoms with Crippen molar-refractivity contribution in [1.29, 1.82) is 0 Å². The minimum Gasteiger partial charge on any atom is -0.478 e. The maximum Gasteiger partial charge on any atom is 0.336 e. The maximum atomic E-state index is 11.2. The standard InChI is InChI=1S/C14H9BrN2O2S2/c1-7-4-10-12(20-7)16-6-17-13(10)21-8-2-3-11(15)9(5-8)14(18)19/h2-6H,1H3,(H,18,19). The van der Waals surface area contributed by atoms with Gasteiger partial charge in [-0.15, -0.1) is 11.3 Å². The lowest BCUT2D eigenvalue weighted by Crippen LogP contribution is -1.97. The molecule has 0 radical (unpaired) electrons. The Morgan fingerprint density at radius 1 is 1.33 bits per heavy atom. The summed E-state index contributed by atoms with van der Waals surface area (Å²) in [4.78, 5) is 22.7. The van der Waals surface area contributed by atoms with Crippen LogP contribution in [0.25, 0.3) is 10.2 Å². The van der Waals surface area contributed by atoms with Crippen molar-refractivity contribution in [3.05, 3.63) is 45.5 Å². The fourth-order valence-corrected chi connectivity index (χ4v) is 4.11. The lowest BCUT2D eigenvalue weighted by atomic mass is 10.2. The molecule has 2 aromatic heterocycles. The number of hydrogen-bond acceptors (Lipinski definition) is 5. The Hall–Kier alpha value is -1.44. The molecule has 0 bridgehead atoms. The highest BCUT2D eigenvalue weighted by Crippen LogP contribution is 2.35. The van der Waals surface area contributed by atoms with E-state index in [9.17, 15) is 4.79 Å². The van der Waals surface area contributed by atoms with Crippen LogP contribution >= 0.6 is 39.0 Å². The molecule has 4 nitrogen and oxygen atoms in total. The van der Waals surface area contributed by atoms with Gasteiger partial charge in [0.05, 0.1) is 5.56 Å². The van der Waals surface area contributed by atoms with Crippen molar-refractivity contribution < 1.29 is 9.90 Å². The average molecular weight is 381 g/mol. The van der Waals surface area contributed by atoms with Crippen LogP contribution < -0.4 is 0 Å². The van der Waals surface area contributed by atoms with Crippen molar-refractivity contribution in [2.75, 3.05) is 0 Å². The first-order chi connectivity index (χ1) is 10.0. The number of aromatic nitrogens is 2. The quantitative estimate of drug-likeness (QED) is 0.672. The largest absolute Gasteiger partial charge is 0.478 e. The predicted molar refractivity (Wildman–Crippen MR) is 87.4 cm³/mol. The van der Waals surface area contributed by atoms with Crippen LogP contribution in [0.2, 0.25) is 0 Å². The number of aromatic carboxylic acids is 1. The van der Waals surface area contributed by atoms with Crippen LogP contribution in [0.5, 0.6) is 0 Å². The lowest BCUT2D eigenvalue weighted by molar-refractivity contribution is 0.0695. The summed E-state index contributed by atoms with van der Waals surface area (Å²) in [6.07, 6.45) is 1.54. The van der Waals surface area contributed by atoms with E-state index in [0.29, 0.717) is 4.47 Å². The molecule has 1 aromatic carbocycles. The molecule has 1 N–H and O–H groups in total. The summed E-state index contributed by atoms with van der Waals surface area (Å²) in [6.45, 7) is 2.03. The topological polar surface area (TPSA) is 63.1 Å². The van der Waals surface area contributed by atoms with Crippen LogP contribution in [0.3, 0.4) is 0 Å². The Labute approximate surface area is 137 Å². The molecule has 0 fully saturated rings. The number of thiophene rings is 1. The summed E-state index contributed by atoms with van der Waals surface area (Å²) in [5.74, 6) is -0.955. The Balaban J connectivity index is 2.02. The Morgan fingerprint density at radius 2 is 2.14 bits per heavy atom. The molecule has 3 aromatic rings. The first kappa shape index (κ1) is 14.5. The van der Waals surface area contributed by atoms with Gasteiger partial charge in [0.2, 0.25) is 0 Å². The average Bonchev–Trinajstić information content (AvgIpc) is 2.82. The van der Waals surface area contributed by atoms with Crippen LogP contribution in [0.15, 0.2) is 45.0 Å². The number of rotatable bonds is 3. The summed E-state index contributed by atoms with van der Waals surface area (Å²) in [7, 11) is 0. The van der Waals surface area contributed by atoms with E-state index in [-0.39, 0.29) is 5.56 Å². The van der Waals surface area contributed by atoms with Crippen molar-refractivity contribution >= 4 is 55.2 Å². The molecule has 0 aliphatic carbocycles. The fourth-order valence-electron chi connectivity index (χ4n) is 1.88. The van der Waals surface area contributed by atoms with Gasteiger partial charge in [-0.25, -0.2) is 14.8 Å². The van der Waals surface area contributed by atoms with Gasteiger partial charge >= 0.3 is 5.97 Å². The summed E-state index contributed by atoms with van der Waals surface area (Å²) < 4.78 is 0.568. The smallest absolute Gasteiger partial charge is 0.336 e. The number of benzene rings is 1. The van der Waals surface area contributed by atoms with Crippen LogP contribution in [0, 0.1) is 6.92 Å². The summed E-state index contributed by atoms with van der Waals surface area (Å²) in [5, 5.41) is 11.0. The van der Waals surface area contributed by atoms with Gasteiger partial charge in [-0.2, -0.15) is 0 Å². The lowest BCUT2D eigenvalue weighted by Gasteiger charge is -2.05. The van der Waals surface area contributed by atoms with Crippen molar-refractivity contribution in [3.63, 3.8) is 0 Å². The van der Waals surface area contributed by atoms with Crippen LogP contribution in [-0.4, -0.2) is 21.0 Å². The SMILES string of the molecule is Cc1cc2c(Sc3ccc(Br)c(C(=O)O)c3)ncnc2s1. The van der Waals surface area contributed by atoms with Gasteiger partial charge in [-0.05, 0) is 47.1 Å². The zero-order valence-corrected chi connectivity index (χ0v) is 14.1. The molecule has 0 aliphatic rings. The molecule has 0 atom stereocenters. The fraction of sp³-hybridized carbons (Fsp3) is 0.0714. The van der Waals surface area contributed by atoms with Crippen molar-refractivity contribution in [2.45, 2.75) is 16.8 Å². The molecule has 0 aliphatic heterocycles. The molecule has 0 unspecified atom stereocenters. The number of aryl methyl sites for hydroxylation is 1. The molecule has 0 spiro atoms. The van der Waals surface area contributed by atoms with E-state index in [2.05, 4.69) is 32.0 Å². The zero-order valence-electron chi connectivity index (χ0n) is 10.8. The third-order valence-electron chi connectivity index (χ3n) is 2.80. The predicted octanol–water partition coefficient (Wildman–Crippen LogP) is 4.61. The molecule has 106 valence electrons. The highest BCUT2D eigenvalue weighted by Gasteiger charge is 2.12. The molecule has 0 saturated heterocycles. The van der Waals surface area contributed by atoms with Crippen LogP contribution in [-0.2, 0) is 0 Å². The first-order valence-electron chi connectivity index (χ1n) is 5.96. The van der Waals surface area contributed by atoms with Crippen LogP contribution in [0.4, 0.5) is 0 Å². The Bertz CT molecular complexity index is 848. The van der Waals surface area contributed by atoms with E-state index in [1.165, 1.54) is 23.0 Å². The first-order valence-corrected chi connectivity index (χ1v) is 8.39. The van der Waals surface area contributed by atoms with Gasteiger partial charge < -0.3 is 5.11 Å². The normalized spacial score (nSPS) is 11.0. The highest BCUT2D eigenvalue weighted by atomic mass is 79.9. The number of carboxylic acid groups (broad SMARTS) is 1. The van der Waals surface area contributed by atoms with Gasteiger partial charge in [0, 0.05) is 19.6 Å². The third-order valence-corrected chi connectivity index (χ3v) is 5.46. The Kier molecular flexibility index (Phi) is 3.97. The van der Waals surface area contributed by atoms with Gasteiger partial charge in [-0.3, -0.25) is 0 Å². The Morgan fingerprint density at radius 3 is 2.90 bits per heavy atom. The van der Waals surface area contributed by atoms with E-state index < -0.39 is 5.97 Å². The number of carboxylic acids is 1. The molecular weight excluding hydrogens is 372 g/mol. The molecule has 3 rings (SSSR count). The van der Waals surface area contributed by atoms with E-state index >= 15 is 0 Å². The van der Waals surface area contributed by atoms with Crippen molar-refractivity contribution in [1.82, 2.24) is 9.97 Å². The second kappa shape index (κ2) is 5.75. The second-order valence-corrected chi connectivity index (χ2v) is 7.45. The van der Waals surface area contributed by atoms with E-state index in [1.807, 2.05) is 13.0 Å². The number of halogens is 1. The second-order valence-electron chi connectivity index (χ2n) is 4.30. The van der Waals surface area contributed by atoms with Gasteiger partial charge in [0.1, 0.15) is 16.2 Å². The maximum absolute atomic E-state index is 11.2. The van der Waals surface area contributed by atoms with E-state index in [0.717, 1.165) is 20.1 Å². The number of carbonyl (C=O) groups is 1. The van der Waals surface area contributed by atoms with E-state index in [1.54, 1.807) is 23.5 Å². The summed E-state index contributed by atoms with van der Waals surface area (Å²) in [6, 6.07) is 7.31. The molecular formula is C14H9BrN2O2S2. The van der Waals surface area contributed by atoms with Gasteiger partial charge in [0.15, 0.2) is 0 Å². The molecule has 0 saturated carbocycles. The number of hydrogen-bond donors (Lipinski definition) is 1. The highest BCUT2D eigenvalue weighted by molar-refractivity contribution is 9.10.